The summed E-state index contributed by atoms with van der Waals surface area (Å²) < 4.78 is 0. The number of halogens is 1. The number of aromatic nitrogens is 2. The molecule has 0 spiro atoms. The lowest BCUT2D eigenvalue weighted by Crippen LogP contribution is -2.51. The zero-order chi connectivity index (χ0) is 20.3. The van der Waals surface area contributed by atoms with E-state index in [2.05, 4.69) is 28.9 Å². The number of aliphatic hydroxyl groups is 1. The maximum Gasteiger partial charge on any atom is 0.136 e. The summed E-state index contributed by atoms with van der Waals surface area (Å²) in [5.74, 6) is 1.88. The second-order valence-electron chi connectivity index (χ2n) is 8.25. The number of rotatable bonds is 6. The first kappa shape index (κ1) is 21.0. The monoisotopic (exact) mass is 402 g/mol. The van der Waals surface area contributed by atoms with Crippen molar-refractivity contribution in [1.82, 2.24) is 14.9 Å². The highest BCUT2D eigenvalue weighted by Gasteiger charge is 2.25. The molecule has 0 radical (unpaired) electrons. The lowest BCUT2D eigenvalue weighted by molar-refractivity contribution is 0.0344. The van der Waals surface area contributed by atoms with Crippen LogP contribution in [0, 0.1) is 6.92 Å². The van der Waals surface area contributed by atoms with E-state index in [1.54, 1.807) is 0 Å². The number of aryl methyl sites for hydroxylation is 2. The van der Waals surface area contributed by atoms with Gasteiger partial charge < -0.3 is 10.0 Å². The molecule has 0 amide bonds. The quantitative estimate of drug-likeness (QED) is 0.801. The number of hydrogen-bond donors (Lipinski definition) is 1. The molecule has 28 heavy (non-hydrogen) atoms. The second kappa shape index (κ2) is 8.76. The highest BCUT2D eigenvalue weighted by Crippen LogP contribution is 2.26. The molecular formula is C22H31ClN4O. The zero-order valence-corrected chi connectivity index (χ0v) is 18.1. The Balaban J connectivity index is 1.84. The van der Waals surface area contributed by atoms with E-state index in [4.69, 9.17) is 21.6 Å². The van der Waals surface area contributed by atoms with Crippen LogP contribution in [0.25, 0.3) is 0 Å². The summed E-state index contributed by atoms with van der Waals surface area (Å²) in [5, 5.41) is 10.9. The van der Waals surface area contributed by atoms with E-state index in [1.807, 2.05) is 32.9 Å². The van der Waals surface area contributed by atoms with Gasteiger partial charge in [0.25, 0.3) is 0 Å². The van der Waals surface area contributed by atoms with E-state index in [1.165, 1.54) is 11.1 Å². The maximum absolute atomic E-state index is 10.1. The average Bonchev–Trinajstić information content (AvgIpc) is 2.64. The highest BCUT2D eigenvalue weighted by molar-refractivity contribution is 6.30. The van der Waals surface area contributed by atoms with Crippen LogP contribution in [0.15, 0.2) is 24.3 Å². The van der Waals surface area contributed by atoms with Crippen LogP contribution in [0.1, 0.15) is 43.4 Å². The summed E-state index contributed by atoms with van der Waals surface area (Å²) in [6.45, 7) is 12.2. The molecule has 152 valence electrons. The van der Waals surface area contributed by atoms with E-state index in [0.29, 0.717) is 6.54 Å². The number of anilines is 1. The Morgan fingerprint density at radius 2 is 1.71 bits per heavy atom. The highest BCUT2D eigenvalue weighted by atomic mass is 35.5. The first-order valence-electron chi connectivity index (χ1n) is 10.1. The summed E-state index contributed by atoms with van der Waals surface area (Å²) in [5.41, 5.74) is 2.89. The minimum Gasteiger partial charge on any atom is -0.389 e. The molecule has 6 heteroatoms. The summed E-state index contributed by atoms with van der Waals surface area (Å²) in [7, 11) is 0. The number of β-amino-alcohol motifs (C(OH)–C–C–N with tert-alkyl or cyclic N) is 1. The van der Waals surface area contributed by atoms with Crippen molar-refractivity contribution < 1.29 is 5.11 Å². The van der Waals surface area contributed by atoms with Crippen LogP contribution in [0.4, 0.5) is 5.82 Å². The van der Waals surface area contributed by atoms with Gasteiger partial charge in [-0.2, -0.15) is 0 Å². The Bertz CT molecular complexity index is 793. The third-order valence-electron chi connectivity index (χ3n) is 5.09. The van der Waals surface area contributed by atoms with Crippen molar-refractivity contribution in [3.05, 3.63) is 51.9 Å². The van der Waals surface area contributed by atoms with Crippen LogP contribution in [-0.2, 0) is 12.8 Å². The van der Waals surface area contributed by atoms with E-state index >= 15 is 0 Å². The lowest BCUT2D eigenvalue weighted by Gasteiger charge is -2.38. The molecule has 0 bridgehead atoms. The Morgan fingerprint density at radius 1 is 1.07 bits per heavy atom. The molecule has 1 N–H and O–H groups in total. The molecule has 1 aromatic heterocycles. The van der Waals surface area contributed by atoms with Crippen LogP contribution < -0.4 is 4.90 Å². The Labute approximate surface area is 173 Å². The first-order valence-corrected chi connectivity index (χ1v) is 10.4. The van der Waals surface area contributed by atoms with Crippen molar-refractivity contribution in [1.29, 1.82) is 0 Å². The molecule has 0 saturated carbocycles. The molecule has 1 aliphatic heterocycles. The van der Waals surface area contributed by atoms with Crippen LogP contribution >= 0.6 is 11.6 Å². The minimum atomic E-state index is -0.664. The van der Waals surface area contributed by atoms with E-state index in [0.717, 1.165) is 61.4 Å². The van der Waals surface area contributed by atoms with Crippen LogP contribution in [-0.4, -0.2) is 58.3 Å². The van der Waals surface area contributed by atoms with Crippen LogP contribution in [0.2, 0.25) is 5.02 Å². The van der Waals surface area contributed by atoms with Gasteiger partial charge in [-0.05, 0) is 44.9 Å². The predicted octanol–water partition coefficient (Wildman–Crippen LogP) is 3.48. The zero-order valence-electron chi connectivity index (χ0n) is 17.4. The second-order valence-corrected chi connectivity index (χ2v) is 8.69. The molecule has 1 aliphatic rings. The first-order chi connectivity index (χ1) is 13.2. The molecule has 0 aliphatic carbocycles. The Kier molecular flexibility index (Phi) is 6.58. The fourth-order valence-corrected chi connectivity index (χ4v) is 3.97. The molecule has 2 heterocycles. The number of benzene rings is 1. The van der Waals surface area contributed by atoms with Crippen molar-refractivity contribution in [3.8, 4) is 0 Å². The maximum atomic E-state index is 10.1. The van der Waals surface area contributed by atoms with Crippen molar-refractivity contribution in [2.24, 2.45) is 0 Å². The molecular weight excluding hydrogens is 372 g/mol. The van der Waals surface area contributed by atoms with Crippen LogP contribution in [0.5, 0.6) is 0 Å². The van der Waals surface area contributed by atoms with Gasteiger partial charge in [0.15, 0.2) is 0 Å². The van der Waals surface area contributed by atoms with Crippen molar-refractivity contribution in [3.63, 3.8) is 0 Å². The average molecular weight is 403 g/mol. The molecule has 3 rings (SSSR count). The van der Waals surface area contributed by atoms with Gasteiger partial charge >= 0.3 is 0 Å². The topological polar surface area (TPSA) is 52.5 Å². The summed E-state index contributed by atoms with van der Waals surface area (Å²) in [6.07, 6.45) is 1.69. The van der Waals surface area contributed by atoms with E-state index < -0.39 is 5.60 Å². The summed E-state index contributed by atoms with van der Waals surface area (Å²) >= 11 is 6.05. The third kappa shape index (κ3) is 5.43. The van der Waals surface area contributed by atoms with Crippen LogP contribution in [0.3, 0.4) is 0 Å². The fourth-order valence-electron chi connectivity index (χ4n) is 3.84. The Morgan fingerprint density at radius 3 is 2.29 bits per heavy atom. The molecule has 0 unspecified atom stereocenters. The smallest absolute Gasteiger partial charge is 0.136 e. The third-order valence-corrected chi connectivity index (χ3v) is 5.35. The van der Waals surface area contributed by atoms with Gasteiger partial charge in [0, 0.05) is 55.4 Å². The number of hydrogen-bond acceptors (Lipinski definition) is 5. The largest absolute Gasteiger partial charge is 0.389 e. The van der Waals surface area contributed by atoms with Gasteiger partial charge in [0.05, 0.1) is 5.60 Å². The van der Waals surface area contributed by atoms with Gasteiger partial charge in [0.2, 0.25) is 0 Å². The van der Waals surface area contributed by atoms with Gasteiger partial charge in [-0.3, -0.25) is 4.90 Å². The Hall–Kier alpha value is -1.69. The standard InChI is InChI=1S/C22H31ClN4O/c1-5-20-19(14-17-6-8-18(23)9-7-17)21(25-16(2)24-20)27-12-10-26(11-13-27)15-22(3,4)28/h6-9,28H,5,10-15H2,1-4H3. The van der Waals surface area contributed by atoms with Gasteiger partial charge in [-0.1, -0.05) is 30.7 Å². The van der Waals surface area contributed by atoms with Crippen molar-refractivity contribution in [2.45, 2.75) is 46.1 Å². The van der Waals surface area contributed by atoms with Gasteiger partial charge in [-0.15, -0.1) is 0 Å². The molecule has 1 aromatic carbocycles. The molecule has 0 atom stereocenters. The van der Waals surface area contributed by atoms with Crippen molar-refractivity contribution in [2.75, 3.05) is 37.6 Å². The summed E-state index contributed by atoms with van der Waals surface area (Å²) in [4.78, 5) is 14.3. The van der Waals surface area contributed by atoms with Gasteiger partial charge in [-0.25, -0.2) is 9.97 Å². The van der Waals surface area contributed by atoms with E-state index in [9.17, 15) is 5.11 Å². The fraction of sp³-hybridized carbons (Fsp3) is 0.545. The van der Waals surface area contributed by atoms with Crippen molar-refractivity contribution >= 4 is 17.4 Å². The lowest BCUT2D eigenvalue weighted by atomic mass is 10.0. The molecule has 2 aromatic rings. The molecule has 5 nitrogen and oxygen atoms in total. The van der Waals surface area contributed by atoms with E-state index in [-0.39, 0.29) is 0 Å². The number of piperazine rings is 1. The van der Waals surface area contributed by atoms with Gasteiger partial charge in [0.1, 0.15) is 11.6 Å². The normalized spacial score (nSPS) is 15.9. The molecule has 1 saturated heterocycles. The SMILES string of the molecule is CCc1nc(C)nc(N2CCN(CC(C)(C)O)CC2)c1Cc1ccc(Cl)cc1. The predicted molar refractivity (Wildman–Crippen MR) is 115 cm³/mol. The minimum absolute atomic E-state index is 0.664. The number of nitrogens with zero attached hydrogens (tertiary/aromatic N) is 4. The summed E-state index contributed by atoms with van der Waals surface area (Å²) in [6, 6.07) is 8.03. The molecule has 1 fully saturated rings.